The highest BCUT2D eigenvalue weighted by Gasteiger charge is 2.21. The van der Waals surface area contributed by atoms with Gasteiger partial charge in [0.1, 0.15) is 0 Å². The molecule has 0 bridgehead atoms. The monoisotopic (exact) mass is 290 g/mol. The Bertz CT molecular complexity index is 470. The van der Waals surface area contributed by atoms with Gasteiger partial charge in [0.2, 0.25) is 11.8 Å². The molecule has 0 spiro atoms. The van der Waals surface area contributed by atoms with Crippen molar-refractivity contribution in [2.24, 2.45) is 0 Å². The van der Waals surface area contributed by atoms with Gasteiger partial charge in [-0.05, 0) is 12.1 Å². The Labute approximate surface area is 125 Å². The summed E-state index contributed by atoms with van der Waals surface area (Å²) in [7, 11) is 0. The largest absolute Gasteiger partial charge is 0.339 e. The van der Waals surface area contributed by atoms with Crippen LogP contribution < -0.4 is 5.32 Å². The van der Waals surface area contributed by atoms with Crippen LogP contribution in [0.15, 0.2) is 24.4 Å². The third kappa shape index (κ3) is 4.82. The molecule has 0 atom stereocenters. The number of nitrogens with one attached hydrogen (secondary N) is 1. The number of piperazine rings is 1. The van der Waals surface area contributed by atoms with Crippen LogP contribution in [0.25, 0.3) is 0 Å². The molecule has 0 aromatic carbocycles. The van der Waals surface area contributed by atoms with Crippen molar-refractivity contribution in [3.8, 4) is 0 Å². The summed E-state index contributed by atoms with van der Waals surface area (Å²) in [5, 5.41) is 3.22. The maximum atomic E-state index is 12.1. The molecule has 0 aliphatic carbocycles. The molecule has 2 heterocycles. The normalized spacial score (nSPS) is 15.1. The Morgan fingerprint density at radius 3 is 2.52 bits per heavy atom. The molecule has 2 amide bonds. The fourth-order valence-corrected chi connectivity index (χ4v) is 2.34. The number of carbonyl (C=O) groups is 2. The van der Waals surface area contributed by atoms with Crippen molar-refractivity contribution in [2.45, 2.75) is 19.9 Å². The number of rotatable bonds is 5. The smallest absolute Gasteiger partial charge is 0.223 e. The first-order chi connectivity index (χ1) is 10.2. The maximum absolute atomic E-state index is 12.1. The molecule has 1 saturated heterocycles. The molecule has 6 heteroatoms. The lowest BCUT2D eigenvalue weighted by atomic mass is 10.2. The first kappa shape index (κ1) is 15.4. The molecule has 2 rings (SSSR count). The Morgan fingerprint density at radius 2 is 1.90 bits per heavy atom. The second-order valence-corrected chi connectivity index (χ2v) is 5.13. The van der Waals surface area contributed by atoms with Crippen LogP contribution in [0.4, 0.5) is 0 Å². The predicted octanol–water partition coefficient (Wildman–Crippen LogP) is 0.252. The molecule has 1 aliphatic heterocycles. The minimum atomic E-state index is 0.0825. The number of carbonyl (C=O) groups excluding carboxylic acids is 2. The van der Waals surface area contributed by atoms with E-state index in [1.54, 1.807) is 18.0 Å². The zero-order valence-electron chi connectivity index (χ0n) is 12.4. The quantitative estimate of drug-likeness (QED) is 0.790. The molecule has 1 fully saturated rings. The number of hydrogen-bond donors (Lipinski definition) is 1. The van der Waals surface area contributed by atoms with E-state index in [9.17, 15) is 9.59 Å². The average Bonchev–Trinajstić information content (AvgIpc) is 2.52. The number of aromatic nitrogens is 1. The zero-order chi connectivity index (χ0) is 15.1. The maximum Gasteiger partial charge on any atom is 0.223 e. The Hall–Kier alpha value is -1.95. The number of amides is 2. The Kier molecular flexibility index (Phi) is 5.68. The van der Waals surface area contributed by atoms with E-state index < -0.39 is 0 Å². The van der Waals surface area contributed by atoms with Gasteiger partial charge in [-0.2, -0.15) is 0 Å². The predicted molar refractivity (Wildman–Crippen MR) is 79.4 cm³/mol. The molecule has 0 saturated carbocycles. The summed E-state index contributed by atoms with van der Waals surface area (Å²) in [6.07, 6.45) is 2.24. The second-order valence-electron chi connectivity index (χ2n) is 5.13. The van der Waals surface area contributed by atoms with Crippen molar-refractivity contribution in [2.75, 3.05) is 32.7 Å². The fourth-order valence-electron chi connectivity index (χ4n) is 2.34. The fraction of sp³-hybridized carbons (Fsp3) is 0.533. The summed E-state index contributed by atoms with van der Waals surface area (Å²) in [4.78, 5) is 31.1. The summed E-state index contributed by atoms with van der Waals surface area (Å²) in [6, 6.07) is 5.78. The van der Waals surface area contributed by atoms with Gasteiger partial charge in [-0.25, -0.2) is 0 Å². The molecular weight excluding hydrogens is 268 g/mol. The van der Waals surface area contributed by atoms with E-state index in [-0.39, 0.29) is 11.8 Å². The van der Waals surface area contributed by atoms with Crippen molar-refractivity contribution >= 4 is 11.8 Å². The topological polar surface area (TPSA) is 65.5 Å². The van der Waals surface area contributed by atoms with Crippen LogP contribution >= 0.6 is 0 Å². The number of pyridine rings is 1. The van der Waals surface area contributed by atoms with Gasteiger partial charge in [0.15, 0.2) is 0 Å². The summed E-state index contributed by atoms with van der Waals surface area (Å²) in [6.45, 7) is 5.44. The third-order valence-corrected chi connectivity index (χ3v) is 3.63. The van der Waals surface area contributed by atoms with Gasteiger partial charge in [-0.15, -0.1) is 0 Å². The van der Waals surface area contributed by atoms with E-state index in [0.717, 1.165) is 5.69 Å². The third-order valence-electron chi connectivity index (χ3n) is 3.63. The van der Waals surface area contributed by atoms with Crippen LogP contribution in [0, 0.1) is 0 Å². The van der Waals surface area contributed by atoms with Gasteiger partial charge >= 0.3 is 0 Å². The molecule has 21 heavy (non-hydrogen) atoms. The molecule has 0 unspecified atom stereocenters. The van der Waals surface area contributed by atoms with E-state index in [0.29, 0.717) is 45.7 Å². The minimum Gasteiger partial charge on any atom is -0.339 e. The average molecular weight is 290 g/mol. The summed E-state index contributed by atoms with van der Waals surface area (Å²) in [5.41, 5.74) is 0.972. The van der Waals surface area contributed by atoms with E-state index >= 15 is 0 Å². The van der Waals surface area contributed by atoms with Crippen molar-refractivity contribution < 1.29 is 9.59 Å². The van der Waals surface area contributed by atoms with Crippen LogP contribution in [0.5, 0.6) is 0 Å². The van der Waals surface area contributed by atoms with Crippen LogP contribution in [0.1, 0.15) is 19.0 Å². The lowest BCUT2D eigenvalue weighted by Crippen LogP contribution is -2.50. The van der Waals surface area contributed by atoms with E-state index in [1.165, 1.54) is 0 Å². The number of nitrogens with zero attached hydrogens (tertiary/aromatic N) is 3. The molecule has 0 radical (unpaired) electrons. The Morgan fingerprint density at radius 1 is 1.19 bits per heavy atom. The zero-order valence-corrected chi connectivity index (χ0v) is 12.4. The highest BCUT2D eigenvalue weighted by atomic mass is 16.2. The molecule has 1 aromatic rings. The van der Waals surface area contributed by atoms with Crippen molar-refractivity contribution in [1.29, 1.82) is 0 Å². The van der Waals surface area contributed by atoms with Gasteiger partial charge in [0.05, 0.1) is 5.69 Å². The highest BCUT2D eigenvalue weighted by Crippen LogP contribution is 2.04. The van der Waals surface area contributed by atoms with Gasteiger partial charge in [-0.3, -0.25) is 14.6 Å². The standard InChI is InChI=1S/C15H22N4O2/c1-13(20)18-8-10-19(11-9-18)15(21)5-7-16-12-14-4-2-3-6-17-14/h2-4,6,16H,5,7-12H2,1H3. The minimum absolute atomic E-state index is 0.0825. The molecular formula is C15H22N4O2. The van der Waals surface area contributed by atoms with Gasteiger partial charge in [-0.1, -0.05) is 6.07 Å². The van der Waals surface area contributed by atoms with E-state index in [4.69, 9.17) is 0 Å². The summed E-state index contributed by atoms with van der Waals surface area (Å²) >= 11 is 0. The Balaban J connectivity index is 1.63. The first-order valence-electron chi connectivity index (χ1n) is 7.31. The molecule has 1 N–H and O–H groups in total. The van der Waals surface area contributed by atoms with Crippen molar-refractivity contribution in [3.05, 3.63) is 30.1 Å². The highest BCUT2D eigenvalue weighted by molar-refractivity contribution is 5.77. The van der Waals surface area contributed by atoms with Gasteiger partial charge in [0.25, 0.3) is 0 Å². The lowest BCUT2D eigenvalue weighted by molar-refractivity contribution is -0.138. The first-order valence-corrected chi connectivity index (χ1v) is 7.31. The van der Waals surface area contributed by atoms with Crippen molar-refractivity contribution in [1.82, 2.24) is 20.1 Å². The summed E-state index contributed by atoms with van der Waals surface area (Å²) < 4.78 is 0. The van der Waals surface area contributed by atoms with Crippen LogP contribution in [0.2, 0.25) is 0 Å². The van der Waals surface area contributed by atoms with Gasteiger partial charge < -0.3 is 15.1 Å². The van der Waals surface area contributed by atoms with Gasteiger partial charge in [0, 0.05) is 58.8 Å². The molecule has 1 aliphatic rings. The second kappa shape index (κ2) is 7.73. The lowest BCUT2D eigenvalue weighted by Gasteiger charge is -2.34. The van der Waals surface area contributed by atoms with E-state index in [1.807, 2.05) is 23.1 Å². The van der Waals surface area contributed by atoms with Crippen LogP contribution in [0.3, 0.4) is 0 Å². The molecule has 114 valence electrons. The van der Waals surface area contributed by atoms with Crippen molar-refractivity contribution in [3.63, 3.8) is 0 Å². The number of hydrogen-bond acceptors (Lipinski definition) is 4. The van der Waals surface area contributed by atoms with Crippen LogP contribution in [-0.2, 0) is 16.1 Å². The molecule has 6 nitrogen and oxygen atoms in total. The van der Waals surface area contributed by atoms with Crippen LogP contribution in [-0.4, -0.2) is 59.3 Å². The molecule has 1 aromatic heterocycles. The SMILES string of the molecule is CC(=O)N1CCN(C(=O)CCNCc2ccccn2)CC1. The summed E-state index contributed by atoms with van der Waals surface area (Å²) in [5.74, 6) is 0.228. The van der Waals surface area contributed by atoms with E-state index in [2.05, 4.69) is 10.3 Å².